The third kappa shape index (κ3) is 4.81. The highest BCUT2D eigenvalue weighted by atomic mass is 79.9. The summed E-state index contributed by atoms with van der Waals surface area (Å²) in [6.45, 7) is -0.432. The van der Waals surface area contributed by atoms with Gasteiger partial charge in [0.2, 0.25) is 11.8 Å². The molecule has 0 unspecified atom stereocenters. The highest BCUT2D eigenvalue weighted by molar-refractivity contribution is 9.10. The molecule has 0 atom stereocenters. The number of fused-ring (bicyclic) bond motifs is 1. The number of nitrogens with one attached hydrogen (secondary N) is 2. The zero-order chi connectivity index (χ0) is 19.4. The quantitative estimate of drug-likeness (QED) is 0.571. The van der Waals surface area contributed by atoms with Crippen molar-refractivity contribution in [1.29, 1.82) is 0 Å². The first kappa shape index (κ1) is 19.2. The van der Waals surface area contributed by atoms with E-state index in [2.05, 4.69) is 47.5 Å². The fraction of sp³-hybridized carbons (Fsp3) is 0.111. The number of amides is 2. The fourth-order valence-electron chi connectivity index (χ4n) is 2.39. The Morgan fingerprint density at radius 1 is 1.07 bits per heavy atom. The molecule has 2 aromatic carbocycles. The molecule has 1 aromatic heterocycles. The maximum Gasteiger partial charge on any atom is 0.261 e. The van der Waals surface area contributed by atoms with E-state index >= 15 is 0 Å². The number of carbonyl (C=O) groups excluding carboxylic acids is 2. The van der Waals surface area contributed by atoms with E-state index in [1.165, 1.54) is 10.9 Å². The number of benzene rings is 2. The van der Waals surface area contributed by atoms with E-state index in [1.54, 1.807) is 36.4 Å². The van der Waals surface area contributed by atoms with Crippen LogP contribution in [0.25, 0.3) is 10.9 Å². The number of nitrogens with zero attached hydrogens (tertiary/aromatic N) is 2. The number of rotatable bonds is 5. The molecular weight excluding hydrogens is 480 g/mol. The zero-order valence-corrected chi connectivity index (χ0v) is 17.1. The van der Waals surface area contributed by atoms with Gasteiger partial charge in [0, 0.05) is 8.95 Å². The minimum Gasteiger partial charge on any atom is -0.345 e. The summed E-state index contributed by atoms with van der Waals surface area (Å²) in [4.78, 5) is 40.7. The molecule has 3 rings (SSSR count). The lowest BCUT2D eigenvalue weighted by atomic mass is 10.2. The van der Waals surface area contributed by atoms with Gasteiger partial charge in [0.1, 0.15) is 6.54 Å². The van der Waals surface area contributed by atoms with E-state index in [0.29, 0.717) is 16.6 Å². The minimum absolute atomic E-state index is 0.207. The van der Waals surface area contributed by atoms with Crippen LogP contribution in [0.1, 0.15) is 0 Å². The van der Waals surface area contributed by atoms with Gasteiger partial charge in [0.15, 0.2) is 0 Å². The molecule has 0 radical (unpaired) electrons. The van der Waals surface area contributed by atoms with Crippen LogP contribution < -0.4 is 16.2 Å². The number of hydrogen-bond acceptors (Lipinski definition) is 4. The van der Waals surface area contributed by atoms with Crippen LogP contribution >= 0.6 is 31.9 Å². The molecule has 1 heterocycles. The molecule has 3 aromatic rings. The lowest BCUT2D eigenvalue weighted by Crippen LogP contribution is -2.37. The van der Waals surface area contributed by atoms with Gasteiger partial charge in [-0.05, 0) is 46.3 Å². The maximum absolute atomic E-state index is 12.5. The molecule has 2 amide bonds. The Hall–Kier alpha value is -2.52. The van der Waals surface area contributed by atoms with Crippen molar-refractivity contribution in [2.75, 3.05) is 11.9 Å². The number of anilines is 1. The molecule has 0 saturated heterocycles. The van der Waals surface area contributed by atoms with Crippen LogP contribution in [0.2, 0.25) is 0 Å². The van der Waals surface area contributed by atoms with Crippen molar-refractivity contribution in [2.45, 2.75) is 6.54 Å². The summed E-state index contributed by atoms with van der Waals surface area (Å²) in [5.41, 5.74) is 0.832. The number of aromatic nitrogens is 2. The molecule has 0 aliphatic carbocycles. The first-order valence-electron chi connectivity index (χ1n) is 7.90. The Morgan fingerprint density at radius 3 is 2.63 bits per heavy atom. The number of halogens is 2. The van der Waals surface area contributed by atoms with Crippen LogP contribution in [0.3, 0.4) is 0 Å². The monoisotopic (exact) mass is 492 g/mol. The molecule has 138 valence electrons. The van der Waals surface area contributed by atoms with Gasteiger partial charge in [-0.25, -0.2) is 4.98 Å². The Labute approximate surface area is 171 Å². The van der Waals surface area contributed by atoms with E-state index in [4.69, 9.17) is 0 Å². The summed E-state index contributed by atoms with van der Waals surface area (Å²) < 4.78 is 2.69. The Kier molecular flexibility index (Phi) is 6.02. The third-order valence-electron chi connectivity index (χ3n) is 3.69. The van der Waals surface area contributed by atoms with Crippen molar-refractivity contribution >= 4 is 60.3 Å². The van der Waals surface area contributed by atoms with Gasteiger partial charge in [0.05, 0.1) is 29.5 Å². The standard InChI is InChI=1S/C18H14Br2N4O3/c19-11-5-6-14-12(7-11)18(27)24(10-22-14)9-17(26)21-8-16(25)23-15-4-2-1-3-13(15)20/h1-7,10H,8-9H2,(H,21,26)(H,23,25). The average molecular weight is 494 g/mol. The van der Waals surface area contributed by atoms with E-state index in [0.717, 1.165) is 8.95 Å². The summed E-state index contributed by atoms with van der Waals surface area (Å²) in [7, 11) is 0. The molecule has 0 aliphatic rings. The van der Waals surface area contributed by atoms with E-state index in [9.17, 15) is 14.4 Å². The van der Waals surface area contributed by atoms with Crippen LogP contribution in [0.5, 0.6) is 0 Å². The summed E-state index contributed by atoms with van der Waals surface area (Å²) in [5.74, 6) is -0.835. The second-order valence-corrected chi connectivity index (χ2v) is 7.41. The van der Waals surface area contributed by atoms with Crippen LogP contribution in [-0.2, 0) is 16.1 Å². The lowest BCUT2D eigenvalue weighted by molar-refractivity contribution is -0.124. The summed E-state index contributed by atoms with van der Waals surface area (Å²) >= 11 is 6.64. The van der Waals surface area contributed by atoms with Gasteiger partial charge in [-0.3, -0.25) is 19.0 Å². The number of para-hydroxylation sites is 1. The smallest absolute Gasteiger partial charge is 0.261 e. The molecule has 0 aliphatic heterocycles. The summed E-state index contributed by atoms with van der Waals surface area (Å²) in [6, 6.07) is 12.3. The van der Waals surface area contributed by atoms with Crippen molar-refractivity contribution in [2.24, 2.45) is 0 Å². The van der Waals surface area contributed by atoms with Crippen molar-refractivity contribution < 1.29 is 9.59 Å². The Morgan fingerprint density at radius 2 is 1.85 bits per heavy atom. The zero-order valence-electron chi connectivity index (χ0n) is 13.9. The molecule has 2 N–H and O–H groups in total. The van der Waals surface area contributed by atoms with Gasteiger partial charge in [-0.15, -0.1) is 0 Å². The topological polar surface area (TPSA) is 93.1 Å². The second kappa shape index (κ2) is 8.45. The van der Waals surface area contributed by atoms with Gasteiger partial charge in [-0.2, -0.15) is 0 Å². The fourth-order valence-corrected chi connectivity index (χ4v) is 3.14. The Balaban J connectivity index is 1.62. The molecule has 9 heteroatoms. The first-order chi connectivity index (χ1) is 12.9. The summed E-state index contributed by atoms with van der Waals surface area (Å²) in [5, 5.41) is 5.59. The molecule has 0 saturated carbocycles. The molecular formula is C18H14Br2N4O3. The van der Waals surface area contributed by atoms with Gasteiger partial charge < -0.3 is 10.6 Å². The molecule has 27 heavy (non-hydrogen) atoms. The van der Waals surface area contributed by atoms with Gasteiger partial charge in [0.25, 0.3) is 5.56 Å². The van der Waals surface area contributed by atoms with Crippen molar-refractivity contribution in [3.05, 3.63) is 68.1 Å². The van der Waals surface area contributed by atoms with Crippen molar-refractivity contribution in [3.8, 4) is 0 Å². The molecule has 7 nitrogen and oxygen atoms in total. The predicted octanol–water partition coefficient (Wildman–Crippen LogP) is 2.68. The van der Waals surface area contributed by atoms with E-state index in [1.807, 2.05) is 6.07 Å². The summed E-state index contributed by atoms with van der Waals surface area (Å²) in [6.07, 6.45) is 1.32. The Bertz CT molecular complexity index is 1080. The highest BCUT2D eigenvalue weighted by Gasteiger charge is 2.11. The average Bonchev–Trinajstić information content (AvgIpc) is 2.65. The van der Waals surface area contributed by atoms with Crippen LogP contribution in [-0.4, -0.2) is 27.9 Å². The first-order valence-corrected chi connectivity index (χ1v) is 9.48. The third-order valence-corrected chi connectivity index (χ3v) is 4.88. The minimum atomic E-state index is -0.462. The molecule has 0 fully saturated rings. The molecule has 0 spiro atoms. The van der Waals surface area contributed by atoms with Crippen molar-refractivity contribution in [3.63, 3.8) is 0 Å². The van der Waals surface area contributed by atoms with E-state index < -0.39 is 5.91 Å². The van der Waals surface area contributed by atoms with Gasteiger partial charge >= 0.3 is 0 Å². The number of hydrogen-bond donors (Lipinski definition) is 2. The van der Waals surface area contributed by atoms with E-state index in [-0.39, 0.29) is 24.6 Å². The van der Waals surface area contributed by atoms with Crippen LogP contribution in [0.15, 0.2) is 62.5 Å². The number of carbonyl (C=O) groups is 2. The normalized spacial score (nSPS) is 10.6. The molecule has 0 bridgehead atoms. The second-order valence-electron chi connectivity index (χ2n) is 5.64. The van der Waals surface area contributed by atoms with Gasteiger partial charge in [-0.1, -0.05) is 28.1 Å². The largest absolute Gasteiger partial charge is 0.345 e. The van der Waals surface area contributed by atoms with Crippen molar-refractivity contribution in [1.82, 2.24) is 14.9 Å². The highest BCUT2D eigenvalue weighted by Crippen LogP contribution is 2.20. The lowest BCUT2D eigenvalue weighted by Gasteiger charge is -2.09. The predicted molar refractivity (Wildman–Crippen MR) is 109 cm³/mol. The van der Waals surface area contributed by atoms with Crippen LogP contribution in [0, 0.1) is 0 Å². The van der Waals surface area contributed by atoms with Crippen LogP contribution in [0.4, 0.5) is 5.69 Å². The maximum atomic E-state index is 12.5. The SMILES string of the molecule is O=C(Cn1cnc2ccc(Br)cc2c1=O)NCC(=O)Nc1ccccc1Br.